The number of aromatic nitrogens is 2. The number of nitrogens with zero attached hydrogens (tertiary/aromatic N) is 2. The number of rotatable bonds is 3. The Morgan fingerprint density at radius 2 is 1.89 bits per heavy atom. The van der Waals surface area contributed by atoms with Crippen LogP contribution >= 0.6 is 27.7 Å². The minimum absolute atomic E-state index is 0.526. The quantitative estimate of drug-likeness (QED) is 0.872. The van der Waals surface area contributed by atoms with Gasteiger partial charge in [-0.15, -0.1) is 0 Å². The van der Waals surface area contributed by atoms with Crippen LogP contribution in [0.15, 0.2) is 44.7 Å². The lowest BCUT2D eigenvalue weighted by atomic mass is 10.4. The molecule has 0 bridgehead atoms. The van der Waals surface area contributed by atoms with Gasteiger partial charge in [0.1, 0.15) is 16.7 Å². The van der Waals surface area contributed by atoms with Crippen LogP contribution in [-0.2, 0) is 0 Å². The first-order chi connectivity index (χ1) is 8.70. The highest BCUT2D eigenvalue weighted by molar-refractivity contribution is 9.10. The van der Waals surface area contributed by atoms with E-state index in [2.05, 4.69) is 38.0 Å². The number of hydrogen-bond acceptors (Lipinski definition) is 4. The van der Waals surface area contributed by atoms with Crippen molar-refractivity contribution in [3.8, 4) is 0 Å². The Bertz CT molecular complexity index is 567. The van der Waals surface area contributed by atoms with E-state index in [4.69, 9.17) is 5.73 Å². The molecule has 1 aliphatic carbocycles. The Hall–Kier alpha value is -1.07. The van der Waals surface area contributed by atoms with Crippen LogP contribution in [0.25, 0.3) is 0 Å². The van der Waals surface area contributed by atoms with E-state index in [0.717, 1.165) is 20.2 Å². The van der Waals surface area contributed by atoms with Gasteiger partial charge in [0.2, 0.25) is 0 Å². The van der Waals surface area contributed by atoms with Crippen LogP contribution in [0.4, 0.5) is 5.82 Å². The molecule has 1 aromatic carbocycles. The highest BCUT2D eigenvalue weighted by Crippen LogP contribution is 2.39. The number of hydrogen-bond donors (Lipinski definition) is 1. The van der Waals surface area contributed by atoms with Gasteiger partial charge in [0.25, 0.3) is 0 Å². The van der Waals surface area contributed by atoms with Crippen molar-refractivity contribution in [2.24, 2.45) is 0 Å². The lowest BCUT2D eigenvalue weighted by Gasteiger charge is -2.05. The molecule has 3 rings (SSSR count). The molecule has 0 unspecified atom stereocenters. The number of anilines is 1. The maximum absolute atomic E-state index is 5.83. The van der Waals surface area contributed by atoms with E-state index >= 15 is 0 Å². The molecule has 1 aliphatic rings. The molecule has 1 fully saturated rings. The molecule has 0 radical (unpaired) electrons. The zero-order chi connectivity index (χ0) is 12.5. The number of halogens is 1. The molecule has 18 heavy (non-hydrogen) atoms. The van der Waals surface area contributed by atoms with E-state index < -0.39 is 0 Å². The van der Waals surface area contributed by atoms with Gasteiger partial charge in [-0.3, -0.25) is 0 Å². The van der Waals surface area contributed by atoms with Gasteiger partial charge in [-0.2, -0.15) is 0 Å². The second kappa shape index (κ2) is 4.90. The molecule has 0 amide bonds. The van der Waals surface area contributed by atoms with Crippen molar-refractivity contribution < 1.29 is 0 Å². The molecule has 5 heteroatoms. The van der Waals surface area contributed by atoms with Crippen molar-refractivity contribution in [3.05, 3.63) is 40.6 Å². The van der Waals surface area contributed by atoms with Gasteiger partial charge in [0, 0.05) is 21.4 Å². The summed E-state index contributed by atoms with van der Waals surface area (Å²) < 4.78 is 1.08. The fraction of sp³-hybridized carbons (Fsp3) is 0.231. The van der Waals surface area contributed by atoms with Crippen molar-refractivity contribution >= 4 is 33.5 Å². The van der Waals surface area contributed by atoms with Gasteiger partial charge in [0.05, 0.1) is 0 Å². The van der Waals surface area contributed by atoms with Crippen LogP contribution < -0.4 is 5.73 Å². The van der Waals surface area contributed by atoms with E-state index in [1.807, 2.05) is 18.2 Å². The highest BCUT2D eigenvalue weighted by Gasteiger charge is 2.27. The minimum atomic E-state index is 0.526. The predicted octanol–water partition coefficient (Wildman–Crippen LogP) is 3.85. The molecule has 0 spiro atoms. The van der Waals surface area contributed by atoms with Gasteiger partial charge < -0.3 is 5.73 Å². The molecule has 3 nitrogen and oxygen atoms in total. The predicted molar refractivity (Wildman–Crippen MR) is 76.7 cm³/mol. The van der Waals surface area contributed by atoms with Crippen LogP contribution in [0.2, 0.25) is 0 Å². The first-order valence-electron chi connectivity index (χ1n) is 5.78. The van der Waals surface area contributed by atoms with Gasteiger partial charge in [-0.05, 0) is 37.1 Å². The molecular formula is C13H12BrN3S. The minimum Gasteiger partial charge on any atom is -0.384 e. The Morgan fingerprint density at radius 1 is 1.17 bits per heavy atom. The molecular weight excluding hydrogens is 310 g/mol. The monoisotopic (exact) mass is 321 g/mol. The zero-order valence-electron chi connectivity index (χ0n) is 9.64. The highest BCUT2D eigenvalue weighted by atomic mass is 79.9. The normalized spacial score (nSPS) is 14.7. The van der Waals surface area contributed by atoms with E-state index in [9.17, 15) is 0 Å². The van der Waals surface area contributed by atoms with E-state index in [-0.39, 0.29) is 0 Å². The van der Waals surface area contributed by atoms with Gasteiger partial charge >= 0.3 is 0 Å². The molecule has 2 N–H and O–H groups in total. The summed E-state index contributed by atoms with van der Waals surface area (Å²) in [5, 5.41) is 0.923. The summed E-state index contributed by atoms with van der Waals surface area (Å²) in [6, 6.07) is 10.00. The largest absolute Gasteiger partial charge is 0.384 e. The van der Waals surface area contributed by atoms with Crippen molar-refractivity contribution in [2.45, 2.75) is 28.7 Å². The maximum atomic E-state index is 5.83. The van der Waals surface area contributed by atoms with Crippen LogP contribution in [0.3, 0.4) is 0 Å². The SMILES string of the molecule is Nc1cc(Sc2ccc(Br)cc2)nc(C2CC2)n1. The van der Waals surface area contributed by atoms with Crippen LogP contribution in [0.5, 0.6) is 0 Å². The lowest BCUT2D eigenvalue weighted by molar-refractivity contribution is 0.884. The Kier molecular flexibility index (Phi) is 3.26. The van der Waals surface area contributed by atoms with E-state index in [1.54, 1.807) is 11.8 Å². The van der Waals surface area contributed by atoms with Crippen LogP contribution in [-0.4, -0.2) is 9.97 Å². The molecule has 1 aromatic heterocycles. The number of nitrogen functional groups attached to an aromatic ring is 1. The van der Waals surface area contributed by atoms with Crippen molar-refractivity contribution in [2.75, 3.05) is 5.73 Å². The first kappa shape index (κ1) is 12.0. The summed E-state index contributed by atoms with van der Waals surface area (Å²) in [6.07, 6.45) is 2.37. The molecule has 1 saturated carbocycles. The zero-order valence-corrected chi connectivity index (χ0v) is 12.0. The van der Waals surface area contributed by atoms with E-state index in [0.29, 0.717) is 11.7 Å². The fourth-order valence-corrected chi connectivity index (χ4v) is 2.76. The molecule has 0 saturated heterocycles. The Morgan fingerprint density at radius 3 is 2.56 bits per heavy atom. The molecule has 0 aliphatic heterocycles. The van der Waals surface area contributed by atoms with Gasteiger partial charge in [-0.1, -0.05) is 27.7 Å². The summed E-state index contributed by atoms with van der Waals surface area (Å²) in [5.41, 5.74) is 5.83. The standard InChI is InChI=1S/C13H12BrN3S/c14-9-3-5-10(6-4-9)18-12-7-11(15)16-13(17-12)8-1-2-8/h3-8H,1-2H2,(H2,15,16,17). The average Bonchev–Trinajstić information content (AvgIpc) is 3.15. The second-order valence-corrected chi connectivity index (χ2v) is 6.33. The van der Waals surface area contributed by atoms with Crippen LogP contribution in [0.1, 0.15) is 24.6 Å². The first-order valence-corrected chi connectivity index (χ1v) is 7.39. The van der Waals surface area contributed by atoms with Crippen molar-refractivity contribution in [3.63, 3.8) is 0 Å². The third-order valence-electron chi connectivity index (χ3n) is 2.72. The van der Waals surface area contributed by atoms with Crippen molar-refractivity contribution in [1.29, 1.82) is 0 Å². The average molecular weight is 322 g/mol. The summed E-state index contributed by atoms with van der Waals surface area (Å²) >= 11 is 5.04. The van der Waals surface area contributed by atoms with Crippen molar-refractivity contribution in [1.82, 2.24) is 9.97 Å². The number of nitrogens with two attached hydrogens (primary N) is 1. The summed E-state index contributed by atoms with van der Waals surface area (Å²) in [4.78, 5) is 10.0. The third kappa shape index (κ3) is 2.84. The summed E-state index contributed by atoms with van der Waals surface area (Å²) in [7, 11) is 0. The van der Waals surface area contributed by atoms with Gasteiger partial charge in [0.15, 0.2) is 0 Å². The third-order valence-corrected chi connectivity index (χ3v) is 4.17. The topological polar surface area (TPSA) is 51.8 Å². The number of benzene rings is 1. The molecule has 2 aromatic rings. The smallest absolute Gasteiger partial charge is 0.135 e. The summed E-state index contributed by atoms with van der Waals surface area (Å²) in [5.74, 6) is 1.99. The second-order valence-electron chi connectivity index (χ2n) is 4.32. The molecule has 1 heterocycles. The maximum Gasteiger partial charge on any atom is 0.135 e. The Balaban J connectivity index is 1.85. The van der Waals surface area contributed by atoms with E-state index in [1.165, 1.54) is 12.8 Å². The fourth-order valence-electron chi connectivity index (χ4n) is 1.66. The van der Waals surface area contributed by atoms with Gasteiger partial charge in [-0.25, -0.2) is 9.97 Å². The summed E-state index contributed by atoms with van der Waals surface area (Å²) in [6.45, 7) is 0. The molecule has 92 valence electrons. The van der Waals surface area contributed by atoms with Crippen LogP contribution in [0, 0.1) is 0 Å². The molecule has 0 atom stereocenters. The lowest BCUT2D eigenvalue weighted by Crippen LogP contribution is -1.99. The Labute approximate surface area is 118 Å².